The first-order valence-electron chi connectivity index (χ1n) is 7.27. The number of nitrogens with one attached hydrogen (secondary N) is 1. The number of halogens is 3. The van der Waals surface area contributed by atoms with E-state index in [2.05, 4.69) is 21.2 Å². The van der Waals surface area contributed by atoms with Crippen LogP contribution in [0.3, 0.4) is 0 Å². The maximum atomic E-state index is 13.3. The highest BCUT2D eigenvalue weighted by Crippen LogP contribution is 2.30. The second-order valence-electron chi connectivity index (χ2n) is 5.44. The number of nitrogen functional groups attached to an aromatic ring is 1. The second-order valence-corrected chi connectivity index (χ2v) is 6.70. The minimum atomic E-state index is -0.515. The minimum Gasteiger partial charge on any atom is -0.451 e. The summed E-state index contributed by atoms with van der Waals surface area (Å²) in [6.45, 7) is 1.84. The van der Waals surface area contributed by atoms with Crippen LogP contribution in [-0.2, 0) is 0 Å². The second kappa shape index (κ2) is 6.90. The van der Waals surface area contributed by atoms with E-state index in [1.165, 1.54) is 18.2 Å². The standard InChI is InChI=1S/C18H13BrClFN2O2/c1-9-6-11(22)8-12(19)17(9)23-18(24)16-5-4-15(25-16)10-2-3-14(21)13(20)7-10/h2-8H,22H2,1H3,(H,23,24). The van der Waals surface area contributed by atoms with E-state index in [-0.39, 0.29) is 10.8 Å². The summed E-state index contributed by atoms with van der Waals surface area (Å²) >= 11 is 9.16. The molecule has 3 rings (SSSR count). The SMILES string of the molecule is Cc1cc(N)cc(Br)c1NC(=O)c1ccc(-c2ccc(F)c(Cl)c2)o1. The maximum absolute atomic E-state index is 13.3. The molecule has 0 bridgehead atoms. The number of aryl methyl sites for hydroxylation is 1. The first-order chi connectivity index (χ1) is 11.8. The lowest BCUT2D eigenvalue weighted by atomic mass is 10.1. The molecular weight excluding hydrogens is 411 g/mol. The Labute approximate surface area is 156 Å². The van der Waals surface area contributed by atoms with Gasteiger partial charge < -0.3 is 15.5 Å². The van der Waals surface area contributed by atoms with Crippen molar-refractivity contribution >= 4 is 44.8 Å². The molecular formula is C18H13BrClFN2O2. The average Bonchev–Trinajstić information content (AvgIpc) is 3.03. The fourth-order valence-electron chi connectivity index (χ4n) is 2.37. The zero-order valence-electron chi connectivity index (χ0n) is 13.1. The van der Waals surface area contributed by atoms with Gasteiger partial charge in [0.1, 0.15) is 11.6 Å². The highest BCUT2D eigenvalue weighted by atomic mass is 79.9. The highest BCUT2D eigenvalue weighted by Gasteiger charge is 2.16. The fraction of sp³-hybridized carbons (Fsp3) is 0.0556. The third-order valence-electron chi connectivity index (χ3n) is 3.58. The van der Waals surface area contributed by atoms with Crippen molar-refractivity contribution in [3.05, 3.63) is 69.1 Å². The predicted molar refractivity (Wildman–Crippen MR) is 100 cm³/mol. The summed E-state index contributed by atoms with van der Waals surface area (Å²) in [7, 11) is 0. The highest BCUT2D eigenvalue weighted by molar-refractivity contribution is 9.10. The van der Waals surface area contributed by atoms with Crippen molar-refractivity contribution in [2.24, 2.45) is 0 Å². The van der Waals surface area contributed by atoms with Crippen LogP contribution in [0.15, 0.2) is 51.4 Å². The van der Waals surface area contributed by atoms with E-state index in [1.807, 2.05) is 6.92 Å². The number of hydrogen-bond acceptors (Lipinski definition) is 3. The van der Waals surface area contributed by atoms with Crippen molar-refractivity contribution < 1.29 is 13.6 Å². The van der Waals surface area contributed by atoms with Crippen LogP contribution in [0, 0.1) is 12.7 Å². The quantitative estimate of drug-likeness (QED) is 0.535. The molecule has 1 amide bonds. The lowest BCUT2D eigenvalue weighted by Gasteiger charge is -2.10. The Morgan fingerprint density at radius 2 is 2.00 bits per heavy atom. The zero-order valence-corrected chi connectivity index (χ0v) is 15.4. The van der Waals surface area contributed by atoms with Crippen molar-refractivity contribution in [2.75, 3.05) is 11.1 Å². The van der Waals surface area contributed by atoms with Crippen molar-refractivity contribution in [1.29, 1.82) is 0 Å². The third kappa shape index (κ3) is 3.70. The van der Waals surface area contributed by atoms with E-state index in [0.717, 1.165) is 5.56 Å². The van der Waals surface area contributed by atoms with Crippen LogP contribution in [0.1, 0.15) is 16.1 Å². The Hall–Kier alpha value is -2.31. The molecule has 3 aromatic rings. The molecule has 4 nitrogen and oxygen atoms in total. The number of carbonyl (C=O) groups excluding carboxylic acids is 1. The lowest BCUT2D eigenvalue weighted by Crippen LogP contribution is -2.12. The van der Waals surface area contributed by atoms with E-state index >= 15 is 0 Å². The molecule has 0 aliphatic heterocycles. The number of rotatable bonds is 3. The molecule has 1 heterocycles. The van der Waals surface area contributed by atoms with Gasteiger partial charge in [-0.15, -0.1) is 0 Å². The van der Waals surface area contributed by atoms with E-state index < -0.39 is 11.7 Å². The smallest absolute Gasteiger partial charge is 0.291 e. The van der Waals surface area contributed by atoms with Crippen LogP contribution < -0.4 is 11.1 Å². The summed E-state index contributed by atoms with van der Waals surface area (Å²) in [5.74, 6) is -0.384. The molecule has 0 unspecified atom stereocenters. The van der Waals surface area contributed by atoms with Gasteiger partial charge in [0.05, 0.1) is 10.7 Å². The van der Waals surface area contributed by atoms with Crippen molar-refractivity contribution in [1.82, 2.24) is 0 Å². The number of hydrogen-bond donors (Lipinski definition) is 2. The van der Waals surface area contributed by atoms with Gasteiger partial charge in [0.25, 0.3) is 5.91 Å². The van der Waals surface area contributed by atoms with Gasteiger partial charge in [0.15, 0.2) is 5.76 Å². The van der Waals surface area contributed by atoms with E-state index in [1.54, 1.807) is 24.3 Å². The van der Waals surface area contributed by atoms with Gasteiger partial charge in [-0.25, -0.2) is 4.39 Å². The first-order valence-corrected chi connectivity index (χ1v) is 8.44. The summed E-state index contributed by atoms with van der Waals surface area (Å²) in [5, 5.41) is 2.77. The molecule has 0 fully saturated rings. The van der Waals surface area contributed by atoms with Crippen LogP contribution in [0.5, 0.6) is 0 Å². The topological polar surface area (TPSA) is 68.3 Å². The molecule has 1 aromatic heterocycles. The van der Waals surface area contributed by atoms with Gasteiger partial charge in [-0.3, -0.25) is 4.79 Å². The normalized spacial score (nSPS) is 10.7. The number of benzene rings is 2. The van der Waals surface area contributed by atoms with Gasteiger partial charge in [-0.2, -0.15) is 0 Å². The van der Waals surface area contributed by atoms with Gasteiger partial charge >= 0.3 is 0 Å². The van der Waals surface area contributed by atoms with E-state index in [4.69, 9.17) is 21.8 Å². The van der Waals surface area contributed by atoms with Gasteiger partial charge in [0.2, 0.25) is 0 Å². The molecule has 0 aliphatic rings. The molecule has 0 radical (unpaired) electrons. The first kappa shape index (κ1) is 17.5. The number of anilines is 2. The predicted octanol–water partition coefficient (Wildman–Crippen LogP) is 5.64. The number of amides is 1. The molecule has 0 saturated heterocycles. The van der Waals surface area contributed by atoms with Gasteiger partial charge in [-0.05, 0) is 70.9 Å². The number of nitrogens with two attached hydrogens (primary N) is 1. The minimum absolute atomic E-state index is 0.0127. The van der Waals surface area contributed by atoms with Gasteiger partial charge in [-0.1, -0.05) is 11.6 Å². The third-order valence-corrected chi connectivity index (χ3v) is 4.50. The molecule has 2 aromatic carbocycles. The fourth-order valence-corrected chi connectivity index (χ4v) is 3.23. The van der Waals surface area contributed by atoms with E-state index in [9.17, 15) is 9.18 Å². The average molecular weight is 424 g/mol. The Morgan fingerprint density at radius 1 is 1.24 bits per heavy atom. The van der Waals surface area contributed by atoms with Crippen molar-refractivity contribution in [2.45, 2.75) is 6.92 Å². The summed E-state index contributed by atoms with van der Waals surface area (Å²) < 4.78 is 19.5. The number of furan rings is 1. The van der Waals surface area contributed by atoms with E-state index in [0.29, 0.717) is 27.2 Å². The molecule has 7 heteroatoms. The van der Waals surface area contributed by atoms with Crippen molar-refractivity contribution in [3.63, 3.8) is 0 Å². The molecule has 128 valence electrons. The summed E-state index contributed by atoms with van der Waals surface area (Å²) in [5.41, 5.74) is 8.36. The maximum Gasteiger partial charge on any atom is 0.291 e. The molecule has 0 spiro atoms. The Morgan fingerprint density at radius 3 is 2.68 bits per heavy atom. The monoisotopic (exact) mass is 422 g/mol. The van der Waals surface area contributed by atoms with Crippen LogP contribution in [-0.4, -0.2) is 5.91 Å². The summed E-state index contributed by atoms with van der Waals surface area (Å²) in [6, 6.07) is 10.9. The Bertz CT molecular complexity index is 948. The molecule has 25 heavy (non-hydrogen) atoms. The molecule has 3 N–H and O–H groups in total. The van der Waals surface area contributed by atoms with Crippen LogP contribution in [0.25, 0.3) is 11.3 Å². The van der Waals surface area contributed by atoms with Crippen LogP contribution >= 0.6 is 27.5 Å². The Balaban J connectivity index is 1.85. The largest absolute Gasteiger partial charge is 0.451 e. The summed E-state index contributed by atoms with van der Waals surface area (Å²) in [6.07, 6.45) is 0. The zero-order chi connectivity index (χ0) is 18.1. The van der Waals surface area contributed by atoms with Gasteiger partial charge in [0, 0.05) is 15.7 Å². The summed E-state index contributed by atoms with van der Waals surface area (Å²) in [4.78, 5) is 12.4. The Kier molecular flexibility index (Phi) is 4.83. The lowest BCUT2D eigenvalue weighted by molar-refractivity contribution is 0.0997. The van der Waals surface area contributed by atoms with Crippen LogP contribution in [0.4, 0.5) is 15.8 Å². The molecule has 0 aliphatic carbocycles. The van der Waals surface area contributed by atoms with Crippen LogP contribution in [0.2, 0.25) is 5.02 Å². The molecule has 0 saturated carbocycles. The van der Waals surface area contributed by atoms with Crippen molar-refractivity contribution in [3.8, 4) is 11.3 Å². The molecule has 0 atom stereocenters. The number of carbonyl (C=O) groups is 1.